The maximum atomic E-state index is 13.7. The molecule has 7 nitrogen and oxygen atoms in total. The van der Waals surface area contributed by atoms with Crippen LogP contribution in [0.1, 0.15) is 95.0 Å². The number of hydrogen-bond acceptors (Lipinski definition) is 4. The van der Waals surface area contributed by atoms with Crippen LogP contribution in [0.4, 0.5) is 0 Å². The number of aromatic nitrogens is 2. The van der Waals surface area contributed by atoms with Gasteiger partial charge in [0.15, 0.2) is 0 Å². The van der Waals surface area contributed by atoms with Crippen molar-refractivity contribution >= 4 is 11.8 Å². The van der Waals surface area contributed by atoms with Gasteiger partial charge in [-0.2, -0.15) is 5.10 Å². The molecular formula is C27H45N5O2. The molecule has 0 radical (unpaired) electrons. The Labute approximate surface area is 205 Å². The van der Waals surface area contributed by atoms with Crippen molar-refractivity contribution in [3.05, 3.63) is 17.0 Å². The maximum absolute atomic E-state index is 13.7. The second-order valence-corrected chi connectivity index (χ2v) is 10.9. The normalized spacial score (nSPS) is 24.1. The number of amides is 2. The largest absolute Gasteiger partial charge is 0.342 e. The van der Waals surface area contributed by atoms with Crippen LogP contribution in [0.25, 0.3) is 0 Å². The van der Waals surface area contributed by atoms with Gasteiger partial charge >= 0.3 is 0 Å². The van der Waals surface area contributed by atoms with E-state index in [1.165, 1.54) is 43.4 Å². The van der Waals surface area contributed by atoms with E-state index in [0.29, 0.717) is 25.3 Å². The van der Waals surface area contributed by atoms with E-state index in [-0.39, 0.29) is 17.9 Å². The molecule has 2 amide bonds. The van der Waals surface area contributed by atoms with E-state index in [0.717, 1.165) is 51.1 Å². The molecule has 2 saturated heterocycles. The molecule has 0 unspecified atom stereocenters. The molecule has 0 aromatic carbocycles. The summed E-state index contributed by atoms with van der Waals surface area (Å²) in [4.78, 5) is 31.8. The van der Waals surface area contributed by atoms with E-state index >= 15 is 0 Å². The second-order valence-electron chi connectivity index (χ2n) is 10.9. The predicted octanol–water partition coefficient (Wildman–Crippen LogP) is 3.95. The van der Waals surface area contributed by atoms with Crippen molar-refractivity contribution in [1.82, 2.24) is 24.9 Å². The van der Waals surface area contributed by atoms with E-state index in [4.69, 9.17) is 0 Å². The van der Waals surface area contributed by atoms with Gasteiger partial charge in [0.25, 0.3) is 0 Å². The Bertz CT molecular complexity index is 865. The van der Waals surface area contributed by atoms with E-state index in [1.54, 1.807) is 0 Å². The van der Waals surface area contributed by atoms with Gasteiger partial charge in [-0.3, -0.25) is 19.2 Å². The molecule has 4 rings (SSSR count). The number of rotatable bonds is 8. The fourth-order valence-electron chi connectivity index (χ4n) is 6.50. The standard InChI is InChI=1S/C27H45N5O2/c1-5-7-15-31-25(33)24(18-22-11-9-8-10-12-22)28-26(34)27(31)13-16-30(17-14-27)19-23-20(3)29-32(6-2)21(23)4/h22,24H,5-19H2,1-4H3,(H,28,34)/t24-/m0/s1. The van der Waals surface area contributed by atoms with Crippen molar-refractivity contribution in [2.24, 2.45) is 5.92 Å². The number of piperazine rings is 1. The van der Waals surface area contributed by atoms with Crippen molar-refractivity contribution < 1.29 is 9.59 Å². The first-order valence-corrected chi connectivity index (χ1v) is 13.8. The third-order valence-electron chi connectivity index (χ3n) is 8.73. The molecule has 34 heavy (non-hydrogen) atoms. The molecule has 1 spiro atoms. The Kier molecular flexibility index (Phi) is 8.01. The summed E-state index contributed by atoms with van der Waals surface area (Å²) in [5.41, 5.74) is 2.96. The molecule has 1 aromatic rings. The van der Waals surface area contributed by atoms with Crippen LogP contribution in [0.15, 0.2) is 0 Å². The van der Waals surface area contributed by atoms with Crippen LogP contribution in [0.5, 0.6) is 0 Å². The molecule has 2 aliphatic heterocycles. The fourth-order valence-corrected chi connectivity index (χ4v) is 6.50. The highest BCUT2D eigenvalue weighted by Crippen LogP contribution is 2.36. The summed E-state index contributed by atoms with van der Waals surface area (Å²) in [6.45, 7) is 12.6. The molecule has 7 heteroatoms. The Morgan fingerprint density at radius 2 is 1.76 bits per heavy atom. The van der Waals surface area contributed by atoms with Gasteiger partial charge in [0.05, 0.1) is 5.69 Å². The van der Waals surface area contributed by atoms with Crippen LogP contribution in [0.3, 0.4) is 0 Å². The number of unbranched alkanes of at least 4 members (excludes halogenated alkanes) is 1. The molecule has 1 aliphatic carbocycles. The summed E-state index contributed by atoms with van der Waals surface area (Å²) in [7, 11) is 0. The fraction of sp³-hybridized carbons (Fsp3) is 0.815. The Balaban J connectivity index is 1.46. The first-order chi connectivity index (χ1) is 16.4. The van der Waals surface area contributed by atoms with Gasteiger partial charge in [0.1, 0.15) is 11.6 Å². The first-order valence-electron chi connectivity index (χ1n) is 13.8. The lowest BCUT2D eigenvalue weighted by molar-refractivity contribution is -0.162. The summed E-state index contributed by atoms with van der Waals surface area (Å²) in [5.74, 6) is 0.834. The van der Waals surface area contributed by atoms with Gasteiger partial charge in [-0.25, -0.2) is 0 Å². The van der Waals surface area contributed by atoms with E-state index < -0.39 is 5.54 Å². The summed E-state index contributed by atoms with van der Waals surface area (Å²) in [6, 6.07) is -0.332. The lowest BCUT2D eigenvalue weighted by atomic mass is 9.79. The second kappa shape index (κ2) is 10.8. The molecule has 3 aliphatic rings. The van der Waals surface area contributed by atoms with Gasteiger partial charge in [-0.1, -0.05) is 45.4 Å². The highest BCUT2D eigenvalue weighted by Gasteiger charge is 2.53. The van der Waals surface area contributed by atoms with Gasteiger partial charge in [-0.15, -0.1) is 0 Å². The first kappa shape index (κ1) is 25.2. The number of likely N-dealkylation sites (tertiary alicyclic amines) is 1. The molecule has 1 saturated carbocycles. The lowest BCUT2D eigenvalue weighted by Crippen LogP contribution is -2.73. The molecule has 1 atom stereocenters. The predicted molar refractivity (Wildman–Crippen MR) is 134 cm³/mol. The van der Waals surface area contributed by atoms with Crippen molar-refractivity contribution in [1.29, 1.82) is 0 Å². The number of nitrogens with zero attached hydrogens (tertiary/aromatic N) is 4. The molecule has 3 fully saturated rings. The van der Waals surface area contributed by atoms with E-state index in [2.05, 4.69) is 47.7 Å². The van der Waals surface area contributed by atoms with Crippen LogP contribution in [0.2, 0.25) is 0 Å². The monoisotopic (exact) mass is 471 g/mol. The molecule has 1 aromatic heterocycles. The number of aryl methyl sites for hydroxylation is 2. The van der Waals surface area contributed by atoms with Crippen LogP contribution in [-0.2, 0) is 22.7 Å². The average molecular weight is 472 g/mol. The third-order valence-corrected chi connectivity index (χ3v) is 8.73. The number of carbonyl (C=O) groups excluding carboxylic acids is 2. The Hall–Kier alpha value is -1.89. The topological polar surface area (TPSA) is 70.5 Å². The summed E-state index contributed by atoms with van der Waals surface area (Å²) < 4.78 is 2.07. The average Bonchev–Trinajstić information content (AvgIpc) is 3.12. The molecule has 3 heterocycles. The van der Waals surface area contributed by atoms with Gasteiger partial charge in [-0.05, 0) is 52.4 Å². The highest BCUT2D eigenvalue weighted by atomic mass is 16.2. The van der Waals surface area contributed by atoms with Crippen LogP contribution >= 0.6 is 0 Å². The molecule has 190 valence electrons. The minimum atomic E-state index is -0.677. The van der Waals surface area contributed by atoms with Crippen molar-refractivity contribution in [2.45, 2.75) is 117 Å². The smallest absolute Gasteiger partial charge is 0.246 e. The summed E-state index contributed by atoms with van der Waals surface area (Å²) in [5, 5.41) is 7.89. The van der Waals surface area contributed by atoms with Crippen LogP contribution < -0.4 is 5.32 Å². The lowest BCUT2D eigenvalue weighted by Gasteiger charge is -2.52. The van der Waals surface area contributed by atoms with Gasteiger partial charge in [0, 0.05) is 44.0 Å². The number of piperidine rings is 1. The number of nitrogens with one attached hydrogen (secondary N) is 1. The quantitative estimate of drug-likeness (QED) is 0.623. The van der Waals surface area contributed by atoms with E-state index in [1.807, 2.05) is 4.90 Å². The minimum Gasteiger partial charge on any atom is -0.342 e. The van der Waals surface area contributed by atoms with Crippen LogP contribution in [0, 0.1) is 19.8 Å². The zero-order chi connectivity index (χ0) is 24.3. The maximum Gasteiger partial charge on any atom is 0.246 e. The molecule has 0 bridgehead atoms. The summed E-state index contributed by atoms with van der Waals surface area (Å²) in [6.07, 6.45) is 10.4. The Morgan fingerprint density at radius 3 is 2.38 bits per heavy atom. The van der Waals surface area contributed by atoms with Crippen molar-refractivity contribution in [3.63, 3.8) is 0 Å². The number of carbonyl (C=O) groups is 2. The SMILES string of the molecule is CCCCN1C(=O)[C@H](CC2CCCCC2)NC(=O)C12CCN(Cc1c(C)nn(CC)c1C)CC2. The van der Waals surface area contributed by atoms with E-state index in [9.17, 15) is 9.59 Å². The molecular weight excluding hydrogens is 426 g/mol. The van der Waals surface area contributed by atoms with Gasteiger partial charge in [0.2, 0.25) is 11.8 Å². The van der Waals surface area contributed by atoms with Crippen LogP contribution in [-0.4, -0.2) is 62.6 Å². The third kappa shape index (κ3) is 4.91. The highest BCUT2D eigenvalue weighted by molar-refractivity contribution is 6.00. The summed E-state index contributed by atoms with van der Waals surface area (Å²) >= 11 is 0. The zero-order valence-electron chi connectivity index (χ0n) is 21.9. The molecule has 1 N–H and O–H groups in total. The van der Waals surface area contributed by atoms with Gasteiger partial charge < -0.3 is 10.2 Å². The zero-order valence-corrected chi connectivity index (χ0v) is 21.9. The minimum absolute atomic E-state index is 0.0924. The Morgan fingerprint density at radius 1 is 1.06 bits per heavy atom. The number of hydrogen-bond donors (Lipinski definition) is 1. The van der Waals surface area contributed by atoms with Crippen molar-refractivity contribution in [2.75, 3.05) is 19.6 Å². The van der Waals surface area contributed by atoms with Crippen molar-refractivity contribution in [3.8, 4) is 0 Å².